The maximum absolute atomic E-state index is 11.4. The van der Waals surface area contributed by atoms with Gasteiger partial charge < -0.3 is 4.74 Å². The highest BCUT2D eigenvalue weighted by molar-refractivity contribution is 7.80. The van der Waals surface area contributed by atoms with E-state index in [2.05, 4.69) is 12.6 Å². The number of carbonyl (C=O) groups is 1. The summed E-state index contributed by atoms with van der Waals surface area (Å²) in [6.07, 6.45) is 0.246. The van der Waals surface area contributed by atoms with E-state index in [9.17, 15) is 4.79 Å². The lowest BCUT2D eigenvalue weighted by molar-refractivity contribution is -0.147. The quantitative estimate of drug-likeness (QED) is 0.643. The second-order valence-electron chi connectivity index (χ2n) is 4.17. The Labute approximate surface area is 102 Å². The number of ether oxygens (including phenoxy) is 1. The van der Waals surface area contributed by atoms with Gasteiger partial charge in [0.25, 0.3) is 0 Å². The molecule has 1 aromatic rings. The predicted molar refractivity (Wildman–Crippen MR) is 68.8 cm³/mol. The van der Waals surface area contributed by atoms with E-state index in [4.69, 9.17) is 4.74 Å². The molecule has 0 N–H and O–H groups in total. The van der Waals surface area contributed by atoms with E-state index in [1.807, 2.05) is 45.0 Å². The number of rotatable bonds is 4. The maximum atomic E-state index is 11.4. The summed E-state index contributed by atoms with van der Waals surface area (Å²) in [6.45, 7) is 5.72. The molecule has 0 aliphatic carbocycles. The highest BCUT2D eigenvalue weighted by Crippen LogP contribution is 2.24. The van der Waals surface area contributed by atoms with Gasteiger partial charge >= 0.3 is 5.97 Å². The summed E-state index contributed by atoms with van der Waals surface area (Å²) in [4.78, 5) is 11.4. The number of aryl methyl sites for hydroxylation is 1. The van der Waals surface area contributed by atoms with Crippen molar-refractivity contribution in [2.45, 2.75) is 38.5 Å². The Balaban J connectivity index is 2.55. The Morgan fingerprint density at radius 1 is 1.31 bits per heavy atom. The van der Waals surface area contributed by atoms with Crippen molar-refractivity contribution in [2.24, 2.45) is 0 Å². The van der Waals surface area contributed by atoms with Gasteiger partial charge in [-0.05, 0) is 26.3 Å². The number of carbonyl (C=O) groups excluding carboxylic acids is 1. The van der Waals surface area contributed by atoms with Crippen molar-refractivity contribution in [3.05, 3.63) is 35.4 Å². The Kier molecular flexibility index (Phi) is 4.87. The first kappa shape index (κ1) is 13.1. The largest absolute Gasteiger partial charge is 0.463 e. The summed E-state index contributed by atoms with van der Waals surface area (Å²) in [5, 5.41) is -0.0909. The van der Waals surface area contributed by atoms with Crippen LogP contribution in [0.3, 0.4) is 0 Å². The van der Waals surface area contributed by atoms with Gasteiger partial charge in [0.2, 0.25) is 0 Å². The molecular weight excluding hydrogens is 220 g/mol. The first-order valence-electron chi connectivity index (χ1n) is 5.43. The molecule has 0 radical (unpaired) electrons. The zero-order chi connectivity index (χ0) is 12.1. The molecule has 0 aliphatic heterocycles. The molecule has 1 rings (SSSR count). The molecule has 0 spiro atoms. The number of hydrogen-bond acceptors (Lipinski definition) is 3. The maximum Gasteiger partial charge on any atom is 0.307 e. The van der Waals surface area contributed by atoms with E-state index < -0.39 is 0 Å². The van der Waals surface area contributed by atoms with Crippen molar-refractivity contribution in [3.8, 4) is 0 Å². The number of thiol groups is 1. The third-order valence-corrected chi connectivity index (χ3v) is 2.67. The Hall–Kier alpha value is -0.960. The van der Waals surface area contributed by atoms with Gasteiger partial charge in [-0.25, -0.2) is 0 Å². The Morgan fingerprint density at radius 3 is 2.38 bits per heavy atom. The lowest BCUT2D eigenvalue weighted by atomic mass is 10.1. The zero-order valence-corrected chi connectivity index (χ0v) is 10.8. The summed E-state index contributed by atoms with van der Waals surface area (Å²) < 4.78 is 5.08. The van der Waals surface area contributed by atoms with Gasteiger partial charge in [-0.2, -0.15) is 12.6 Å². The molecular formula is C13H18O2S. The van der Waals surface area contributed by atoms with Crippen molar-refractivity contribution >= 4 is 18.6 Å². The van der Waals surface area contributed by atoms with Crippen molar-refractivity contribution < 1.29 is 9.53 Å². The summed E-state index contributed by atoms with van der Waals surface area (Å²) in [5.41, 5.74) is 2.25. The third kappa shape index (κ3) is 4.27. The first-order chi connectivity index (χ1) is 7.49. The van der Waals surface area contributed by atoms with E-state index in [1.54, 1.807) is 0 Å². The van der Waals surface area contributed by atoms with Crippen molar-refractivity contribution in [1.29, 1.82) is 0 Å². The minimum atomic E-state index is -0.199. The van der Waals surface area contributed by atoms with Crippen LogP contribution in [0, 0.1) is 6.92 Å². The van der Waals surface area contributed by atoms with Crippen LogP contribution >= 0.6 is 12.6 Å². The van der Waals surface area contributed by atoms with E-state index in [1.165, 1.54) is 5.56 Å². The average molecular weight is 238 g/mol. The average Bonchev–Trinajstić information content (AvgIpc) is 2.16. The van der Waals surface area contributed by atoms with Crippen LogP contribution < -0.4 is 0 Å². The van der Waals surface area contributed by atoms with Gasteiger partial charge in [0.15, 0.2) is 0 Å². The number of benzene rings is 1. The van der Waals surface area contributed by atoms with Gasteiger partial charge in [-0.1, -0.05) is 29.8 Å². The van der Waals surface area contributed by atoms with Crippen LogP contribution in [0.5, 0.6) is 0 Å². The second-order valence-corrected chi connectivity index (χ2v) is 4.79. The van der Waals surface area contributed by atoms with Crippen molar-refractivity contribution in [3.63, 3.8) is 0 Å². The molecule has 0 saturated heterocycles. The number of esters is 1. The standard InChI is InChI=1S/C13H18O2S/c1-9(2)15-13(14)8-12(16)11-6-4-10(3)5-7-11/h4-7,9,12,16H,8H2,1-3H3. The van der Waals surface area contributed by atoms with E-state index >= 15 is 0 Å². The van der Waals surface area contributed by atoms with E-state index in [0.29, 0.717) is 6.42 Å². The van der Waals surface area contributed by atoms with Crippen LogP contribution in [0.4, 0.5) is 0 Å². The summed E-state index contributed by atoms with van der Waals surface area (Å²) >= 11 is 4.41. The van der Waals surface area contributed by atoms with Crippen LogP contribution in [0.1, 0.15) is 36.6 Å². The third-order valence-electron chi connectivity index (χ3n) is 2.19. The highest BCUT2D eigenvalue weighted by Gasteiger charge is 2.13. The topological polar surface area (TPSA) is 26.3 Å². The van der Waals surface area contributed by atoms with Crippen molar-refractivity contribution in [2.75, 3.05) is 0 Å². The van der Waals surface area contributed by atoms with Gasteiger partial charge in [-0.15, -0.1) is 0 Å². The fourth-order valence-corrected chi connectivity index (χ4v) is 1.70. The molecule has 1 unspecified atom stereocenters. The van der Waals surface area contributed by atoms with Crippen LogP contribution in [0.25, 0.3) is 0 Å². The van der Waals surface area contributed by atoms with E-state index in [-0.39, 0.29) is 17.3 Å². The number of hydrogen-bond donors (Lipinski definition) is 1. The fraction of sp³-hybridized carbons (Fsp3) is 0.462. The molecule has 1 atom stereocenters. The lowest BCUT2D eigenvalue weighted by Gasteiger charge is -2.12. The van der Waals surface area contributed by atoms with Gasteiger partial charge in [-0.3, -0.25) is 4.79 Å². The Bertz CT molecular complexity index is 343. The van der Waals surface area contributed by atoms with Crippen molar-refractivity contribution in [1.82, 2.24) is 0 Å². The summed E-state index contributed by atoms with van der Waals surface area (Å²) in [5.74, 6) is -0.199. The zero-order valence-electron chi connectivity index (χ0n) is 9.93. The van der Waals surface area contributed by atoms with Gasteiger partial charge in [0, 0.05) is 5.25 Å². The fourth-order valence-electron chi connectivity index (χ4n) is 1.38. The smallest absolute Gasteiger partial charge is 0.307 e. The molecule has 0 aliphatic rings. The minimum absolute atomic E-state index is 0.0638. The normalized spacial score (nSPS) is 12.6. The molecule has 16 heavy (non-hydrogen) atoms. The molecule has 0 heterocycles. The second kappa shape index (κ2) is 5.94. The van der Waals surface area contributed by atoms with E-state index in [0.717, 1.165) is 5.56 Å². The Morgan fingerprint density at radius 2 is 1.88 bits per heavy atom. The molecule has 0 bridgehead atoms. The summed E-state index contributed by atoms with van der Waals surface area (Å²) in [7, 11) is 0. The predicted octanol–water partition coefficient (Wildman–Crippen LogP) is 3.31. The van der Waals surface area contributed by atoms with Crippen LogP contribution in [0.2, 0.25) is 0 Å². The lowest BCUT2D eigenvalue weighted by Crippen LogP contribution is -2.13. The molecule has 0 amide bonds. The van der Waals surface area contributed by atoms with Gasteiger partial charge in [0.1, 0.15) is 0 Å². The summed E-state index contributed by atoms with van der Waals surface area (Å²) in [6, 6.07) is 8.03. The van der Waals surface area contributed by atoms with Crippen LogP contribution in [-0.4, -0.2) is 12.1 Å². The molecule has 88 valence electrons. The molecule has 3 heteroatoms. The van der Waals surface area contributed by atoms with Crippen LogP contribution in [-0.2, 0) is 9.53 Å². The van der Waals surface area contributed by atoms with Gasteiger partial charge in [0.05, 0.1) is 12.5 Å². The molecule has 0 aromatic heterocycles. The molecule has 2 nitrogen and oxygen atoms in total. The first-order valence-corrected chi connectivity index (χ1v) is 5.95. The molecule has 0 fully saturated rings. The molecule has 1 aromatic carbocycles. The minimum Gasteiger partial charge on any atom is -0.463 e. The molecule has 0 saturated carbocycles. The SMILES string of the molecule is Cc1ccc(C(S)CC(=O)OC(C)C)cc1. The monoisotopic (exact) mass is 238 g/mol. The highest BCUT2D eigenvalue weighted by atomic mass is 32.1. The van der Waals surface area contributed by atoms with Crippen LogP contribution in [0.15, 0.2) is 24.3 Å².